The predicted molar refractivity (Wildman–Crippen MR) is 150 cm³/mol. The molecule has 0 saturated carbocycles. The molecule has 4 rings (SSSR count). The van der Waals surface area contributed by atoms with Crippen LogP contribution in [0, 0.1) is 0 Å². The molecule has 0 amide bonds. The zero-order valence-corrected chi connectivity index (χ0v) is 26.4. The predicted octanol–water partition coefficient (Wildman–Crippen LogP) is 8.11. The molecule has 37 heavy (non-hydrogen) atoms. The SMILES string of the molecule is C1=C\CC/C=C\CC/1.C[C@H]1CC[C@H](C)P1c1ccccc1P1[C@@H](C)CC[C@@H]1C.O=S(=O)(O)C(F)(F)F.[Rh]. The van der Waals surface area contributed by atoms with Crippen LogP contribution in [0.1, 0.15) is 79.1 Å². The zero-order chi connectivity index (χ0) is 26.9. The maximum Gasteiger partial charge on any atom is 0.522 e. The Morgan fingerprint density at radius 2 is 0.946 bits per heavy atom. The van der Waals surface area contributed by atoms with Crippen LogP contribution in [0.3, 0.4) is 0 Å². The molecular formula is C27H41F3O3P2RhS. The van der Waals surface area contributed by atoms with Crippen molar-refractivity contribution in [1.29, 1.82) is 0 Å². The Bertz CT molecular complexity index is 896. The van der Waals surface area contributed by atoms with Crippen LogP contribution in [0.5, 0.6) is 0 Å². The molecule has 0 aromatic heterocycles. The van der Waals surface area contributed by atoms with Gasteiger partial charge < -0.3 is 0 Å². The fourth-order valence-electron chi connectivity index (χ4n) is 5.10. The van der Waals surface area contributed by atoms with Gasteiger partial charge in [0.2, 0.25) is 0 Å². The minimum Gasteiger partial charge on any atom is -0.279 e. The Morgan fingerprint density at radius 3 is 1.16 bits per heavy atom. The van der Waals surface area contributed by atoms with Crippen molar-refractivity contribution in [2.75, 3.05) is 0 Å². The molecule has 2 saturated heterocycles. The van der Waals surface area contributed by atoms with Crippen molar-refractivity contribution in [2.45, 2.75) is 107 Å². The zero-order valence-electron chi connectivity index (χ0n) is 22.1. The van der Waals surface area contributed by atoms with E-state index in [4.69, 9.17) is 13.0 Å². The van der Waals surface area contributed by atoms with E-state index in [1.165, 1.54) is 51.4 Å². The van der Waals surface area contributed by atoms with Crippen LogP contribution >= 0.6 is 15.8 Å². The van der Waals surface area contributed by atoms with Gasteiger partial charge in [0.15, 0.2) is 0 Å². The van der Waals surface area contributed by atoms with Gasteiger partial charge in [-0.05, 0) is 84.6 Å². The van der Waals surface area contributed by atoms with Crippen molar-refractivity contribution < 1.29 is 45.6 Å². The van der Waals surface area contributed by atoms with Crippen LogP contribution in [-0.4, -0.2) is 41.1 Å². The van der Waals surface area contributed by atoms with Crippen LogP contribution in [0.15, 0.2) is 48.6 Å². The summed E-state index contributed by atoms with van der Waals surface area (Å²) >= 11 is 0. The molecule has 0 spiro atoms. The molecule has 1 radical (unpaired) electrons. The molecule has 3 aliphatic rings. The number of allylic oxidation sites excluding steroid dienone is 4. The quantitative estimate of drug-likeness (QED) is 0.114. The first-order valence-corrected chi connectivity index (χ1v) is 17.2. The molecule has 2 fully saturated rings. The van der Waals surface area contributed by atoms with E-state index in [9.17, 15) is 13.2 Å². The molecule has 213 valence electrons. The van der Waals surface area contributed by atoms with Gasteiger partial charge in [0.25, 0.3) is 0 Å². The topological polar surface area (TPSA) is 54.4 Å². The second kappa shape index (κ2) is 16.2. The van der Waals surface area contributed by atoms with E-state index >= 15 is 0 Å². The smallest absolute Gasteiger partial charge is 0.279 e. The standard InChI is InChI=1S/C18H28P2.C8H12.CHF3O3S.Rh/c1-13-9-10-14(2)19(13)17-7-5-6-8-18(17)20-15(3)11-12-16(20)4;1-2-4-6-8-7-5-3-1;2-1(3,4)8(5,6)7;/h5-8,13-16H,9-12H2,1-4H3;1-2,7-8H,3-6H2;(H,5,6,7);/b;2-1-,8-7-;;/t13-,14-,15-,16-;;;/m0.../s1. The fourth-order valence-corrected chi connectivity index (χ4v) is 12.3. The van der Waals surface area contributed by atoms with Crippen LogP contribution < -0.4 is 10.6 Å². The number of rotatable bonds is 2. The van der Waals surface area contributed by atoms with Gasteiger partial charge in [-0.3, -0.25) is 4.55 Å². The fraction of sp³-hybridized carbons (Fsp3) is 0.630. The first kappa shape index (κ1) is 34.9. The summed E-state index contributed by atoms with van der Waals surface area (Å²) in [5.41, 5.74) is -1.80. The second-order valence-electron chi connectivity index (χ2n) is 9.87. The molecule has 2 aliphatic heterocycles. The summed E-state index contributed by atoms with van der Waals surface area (Å²) in [7, 11) is -5.68. The van der Waals surface area contributed by atoms with Crippen LogP contribution in [-0.2, 0) is 29.6 Å². The first-order chi connectivity index (χ1) is 16.8. The van der Waals surface area contributed by atoms with Gasteiger partial charge in [0.05, 0.1) is 0 Å². The molecular weight excluding hydrogens is 626 g/mol. The summed E-state index contributed by atoms with van der Waals surface area (Å²) in [5, 5.41) is 3.57. The van der Waals surface area contributed by atoms with Gasteiger partial charge in [-0.15, -0.1) is 0 Å². The van der Waals surface area contributed by atoms with Crippen molar-refractivity contribution in [3.63, 3.8) is 0 Å². The summed E-state index contributed by atoms with van der Waals surface area (Å²) < 4.78 is 57.5. The van der Waals surface area contributed by atoms with Gasteiger partial charge in [-0.1, -0.05) is 92.1 Å². The third-order valence-corrected chi connectivity index (χ3v) is 14.5. The Balaban J connectivity index is 0.000000335. The van der Waals surface area contributed by atoms with Crippen LogP contribution in [0.4, 0.5) is 13.2 Å². The van der Waals surface area contributed by atoms with Gasteiger partial charge >= 0.3 is 15.6 Å². The Kier molecular flexibility index (Phi) is 15.3. The summed E-state index contributed by atoms with van der Waals surface area (Å²) in [6, 6.07) is 9.55. The number of halogens is 3. The minimum absolute atomic E-state index is 0. The number of benzene rings is 1. The van der Waals surface area contributed by atoms with Gasteiger partial charge in [0.1, 0.15) is 0 Å². The summed E-state index contributed by atoms with van der Waals surface area (Å²) in [6.07, 6.45) is 19.8. The van der Waals surface area contributed by atoms with Gasteiger partial charge in [0, 0.05) is 19.5 Å². The van der Waals surface area contributed by atoms with E-state index in [-0.39, 0.29) is 35.3 Å². The third-order valence-electron chi connectivity index (χ3n) is 6.97. The largest absolute Gasteiger partial charge is 0.522 e. The Morgan fingerprint density at radius 1 is 0.703 bits per heavy atom. The molecule has 3 nitrogen and oxygen atoms in total. The van der Waals surface area contributed by atoms with Crippen molar-refractivity contribution in [3.05, 3.63) is 48.6 Å². The normalized spacial score (nSPS) is 28.4. The van der Waals surface area contributed by atoms with E-state index in [0.717, 1.165) is 22.6 Å². The van der Waals surface area contributed by atoms with E-state index in [1.807, 2.05) is 0 Å². The van der Waals surface area contributed by atoms with Crippen molar-refractivity contribution >= 4 is 36.6 Å². The molecule has 1 aromatic carbocycles. The average molecular weight is 668 g/mol. The molecule has 1 aromatic rings. The number of hydrogen-bond acceptors (Lipinski definition) is 2. The third kappa shape index (κ3) is 10.8. The van der Waals surface area contributed by atoms with Crippen LogP contribution in [0.2, 0.25) is 0 Å². The number of alkyl halides is 3. The minimum atomic E-state index is -5.84. The van der Waals surface area contributed by atoms with Crippen LogP contribution in [0.25, 0.3) is 0 Å². The average Bonchev–Trinajstić information content (AvgIpc) is 3.27. The Hall–Kier alpha value is -0.117. The van der Waals surface area contributed by atoms with Crippen molar-refractivity contribution in [1.82, 2.24) is 0 Å². The van der Waals surface area contributed by atoms with E-state index < -0.39 is 15.6 Å². The molecule has 0 bridgehead atoms. The molecule has 4 atom stereocenters. The molecule has 10 heteroatoms. The maximum atomic E-state index is 10.7. The van der Waals surface area contributed by atoms with Gasteiger partial charge in [-0.2, -0.15) is 21.6 Å². The van der Waals surface area contributed by atoms with E-state index in [0.29, 0.717) is 0 Å². The number of hydrogen-bond donors (Lipinski definition) is 1. The molecule has 1 N–H and O–H groups in total. The summed E-state index contributed by atoms with van der Waals surface area (Å²) in [6.45, 7) is 10.0. The summed E-state index contributed by atoms with van der Waals surface area (Å²) in [5.74, 6) is 0. The van der Waals surface area contributed by atoms with Crippen molar-refractivity contribution in [3.8, 4) is 0 Å². The summed E-state index contributed by atoms with van der Waals surface area (Å²) in [4.78, 5) is 0. The second-order valence-corrected chi connectivity index (χ2v) is 17.4. The maximum absolute atomic E-state index is 10.7. The van der Waals surface area contributed by atoms with Gasteiger partial charge in [-0.25, -0.2) is 0 Å². The van der Waals surface area contributed by atoms with E-state index in [1.54, 1.807) is 10.6 Å². The van der Waals surface area contributed by atoms with E-state index in [2.05, 4.69) is 76.3 Å². The molecule has 0 unspecified atom stereocenters. The monoisotopic (exact) mass is 667 g/mol. The molecule has 2 heterocycles. The molecule has 1 aliphatic carbocycles. The first-order valence-electron chi connectivity index (χ1n) is 12.8. The Labute approximate surface area is 237 Å². The van der Waals surface area contributed by atoms with Crippen molar-refractivity contribution in [2.24, 2.45) is 0 Å².